The molecule has 10 nitrogen and oxygen atoms in total. The summed E-state index contributed by atoms with van der Waals surface area (Å²) in [7, 11) is 1.20. The van der Waals surface area contributed by atoms with E-state index in [1.54, 1.807) is 13.8 Å². The van der Waals surface area contributed by atoms with Crippen molar-refractivity contribution in [2.45, 2.75) is 58.9 Å². The van der Waals surface area contributed by atoms with Crippen LogP contribution in [0.5, 0.6) is 0 Å². The molecule has 31 heavy (non-hydrogen) atoms. The summed E-state index contributed by atoms with van der Waals surface area (Å²) in [6.07, 6.45) is -4.37. The van der Waals surface area contributed by atoms with Crippen LogP contribution in [0.1, 0.15) is 33.6 Å². The lowest BCUT2D eigenvalue weighted by molar-refractivity contribution is -0.170. The van der Waals surface area contributed by atoms with Gasteiger partial charge in [-0.15, -0.1) is 0 Å². The maximum atomic E-state index is 13.2. The topological polar surface area (TPSA) is 129 Å². The van der Waals surface area contributed by atoms with Crippen LogP contribution in [0.3, 0.4) is 0 Å². The summed E-state index contributed by atoms with van der Waals surface area (Å²) < 4.78 is 45.6. The number of nitrogens with two attached hydrogens (primary N) is 1. The summed E-state index contributed by atoms with van der Waals surface area (Å²) in [5.41, 5.74) is 2.81. The molecule has 0 aliphatic carbocycles. The zero-order chi connectivity index (χ0) is 23.9. The van der Waals surface area contributed by atoms with E-state index < -0.39 is 53.8 Å². The van der Waals surface area contributed by atoms with E-state index in [0.29, 0.717) is 17.4 Å². The first kappa shape index (κ1) is 26.2. The number of ether oxygens (including phenoxy) is 1. The number of methoxy groups -OCH3 is 1. The van der Waals surface area contributed by atoms with Gasteiger partial charge in [0.25, 0.3) is 5.56 Å². The van der Waals surface area contributed by atoms with Crippen molar-refractivity contribution in [3.8, 4) is 0 Å². The Balaban J connectivity index is 3.72. The van der Waals surface area contributed by atoms with Gasteiger partial charge in [0.15, 0.2) is 5.69 Å². The van der Waals surface area contributed by atoms with Crippen molar-refractivity contribution >= 4 is 23.3 Å². The highest BCUT2D eigenvalue weighted by Crippen LogP contribution is 2.25. The molecule has 0 radical (unpaired) electrons. The fourth-order valence-electron chi connectivity index (χ4n) is 2.75. The Labute approximate surface area is 176 Å². The molecule has 0 aliphatic rings. The fourth-order valence-corrected chi connectivity index (χ4v) is 2.75. The van der Waals surface area contributed by atoms with Crippen LogP contribution in [0.15, 0.2) is 9.59 Å². The number of nitrogens with zero attached hydrogens (tertiary/aromatic N) is 3. The Kier molecular flexibility index (Phi) is 9.28. The zero-order valence-electron chi connectivity index (χ0n) is 17.9. The zero-order valence-corrected chi connectivity index (χ0v) is 17.9. The monoisotopic (exact) mass is 451 g/mol. The number of nitrogen functional groups attached to an aromatic ring is 1. The molecule has 1 aromatic rings. The Hall–Kier alpha value is -2.83. The van der Waals surface area contributed by atoms with E-state index in [0.717, 1.165) is 4.57 Å². The molecule has 13 heteroatoms. The molecule has 2 amide bonds. The van der Waals surface area contributed by atoms with Crippen molar-refractivity contribution in [2.75, 3.05) is 30.9 Å². The van der Waals surface area contributed by atoms with Crippen LogP contribution in [0.2, 0.25) is 0 Å². The van der Waals surface area contributed by atoms with Gasteiger partial charge < -0.3 is 15.8 Å². The molecule has 1 heterocycles. The SMILES string of the molecule is CCCn1c(N)c(N(CCOC)C(=O)C(F)(F)F)c(=O)n(CC(=O)N[C@H](C)CC)c1=O. The highest BCUT2D eigenvalue weighted by atomic mass is 19.4. The standard InChI is InChI=1S/C18H28F3N5O5/c1-5-7-25-14(22)13(24(8-9-31-4)16(29)18(19,20)21)15(28)26(17(25)30)10-12(27)23-11(3)6-2/h11H,5-10,22H2,1-4H3,(H,23,27)/t11-/m1/s1. The number of amides is 2. The van der Waals surface area contributed by atoms with E-state index in [1.807, 2.05) is 6.92 Å². The second kappa shape index (κ2) is 11.0. The smallest absolute Gasteiger partial charge is 0.383 e. The number of rotatable bonds is 10. The number of aromatic nitrogens is 2. The Morgan fingerprint density at radius 3 is 2.32 bits per heavy atom. The van der Waals surface area contributed by atoms with Crippen LogP contribution < -0.4 is 27.2 Å². The molecule has 0 saturated heterocycles. The van der Waals surface area contributed by atoms with Crippen LogP contribution in [0.4, 0.5) is 24.7 Å². The van der Waals surface area contributed by atoms with E-state index >= 15 is 0 Å². The summed E-state index contributed by atoms with van der Waals surface area (Å²) in [6, 6.07) is -0.251. The molecule has 1 atom stereocenters. The molecule has 1 rings (SSSR count). The van der Waals surface area contributed by atoms with Gasteiger partial charge in [0.1, 0.15) is 12.4 Å². The second-order valence-electron chi connectivity index (χ2n) is 6.88. The summed E-state index contributed by atoms with van der Waals surface area (Å²) >= 11 is 0. The van der Waals surface area contributed by atoms with Crippen molar-refractivity contribution < 1.29 is 27.5 Å². The van der Waals surface area contributed by atoms with Gasteiger partial charge in [0, 0.05) is 26.2 Å². The van der Waals surface area contributed by atoms with Crippen molar-refractivity contribution in [3.05, 3.63) is 20.8 Å². The second-order valence-corrected chi connectivity index (χ2v) is 6.88. The number of hydrogen-bond acceptors (Lipinski definition) is 6. The molecule has 0 saturated carbocycles. The molecule has 0 aromatic carbocycles. The van der Waals surface area contributed by atoms with E-state index in [9.17, 15) is 32.3 Å². The summed E-state index contributed by atoms with van der Waals surface area (Å²) in [5.74, 6) is -3.62. The van der Waals surface area contributed by atoms with E-state index in [1.165, 1.54) is 7.11 Å². The van der Waals surface area contributed by atoms with Crippen molar-refractivity contribution in [3.63, 3.8) is 0 Å². The lowest BCUT2D eigenvalue weighted by atomic mass is 10.2. The average molecular weight is 451 g/mol. The Bertz CT molecular complexity index is 910. The summed E-state index contributed by atoms with van der Waals surface area (Å²) in [4.78, 5) is 50.2. The number of anilines is 2. The number of nitrogens with one attached hydrogen (secondary N) is 1. The first-order valence-electron chi connectivity index (χ1n) is 9.70. The highest BCUT2D eigenvalue weighted by Gasteiger charge is 2.44. The quantitative estimate of drug-likeness (QED) is 0.532. The minimum Gasteiger partial charge on any atom is -0.383 e. The molecule has 1 aromatic heterocycles. The third kappa shape index (κ3) is 6.32. The normalized spacial score (nSPS) is 12.5. The lowest BCUT2D eigenvalue weighted by Crippen LogP contribution is -2.51. The maximum Gasteiger partial charge on any atom is 0.471 e. The predicted molar refractivity (Wildman–Crippen MR) is 108 cm³/mol. The van der Waals surface area contributed by atoms with Gasteiger partial charge in [-0.3, -0.25) is 23.9 Å². The molecule has 176 valence electrons. The molecule has 0 bridgehead atoms. The highest BCUT2D eigenvalue weighted by molar-refractivity contribution is 5.99. The number of carbonyl (C=O) groups excluding carboxylic acids is 2. The third-order valence-electron chi connectivity index (χ3n) is 4.49. The number of carbonyl (C=O) groups is 2. The van der Waals surface area contributed by atoms with Gasteiger partial charge in [-0.05, 0) is 19.8 Å². The van der Waals surface area contributed by atoms with Crippen LogP contribution in [-0.2, 0) is 27.4 Å². The van der Waals surface area contributed by atoms with Crippen LogP contribution in [0, 0.1) is 0 Å². The van der Waals surface area contributed by atoms with E-state index in [2.05, 4.69) is 5.32 Å². The van der Waals surface area contributed by atoms with E-state index in [4.69, 9.17) is 10.5 Å². The minimum atomic E-state index is -5.31. The van der Waals surface area contributed by atoms with Crippen molar-refractivity contribution in [2.24, 2.45) is 0 Å². The molecular formula is C18H28F3N5O5. The van der Waals surface area contributed by atoms with Crippen LogP contribution in [-0.4, -0.2) is 53.4 Å². The third-order valence-corrected chi connectivity index (χ3v) is 4.49. The fraction of sp³-hybridized carbons (Fsp3) is 0.667. The van der Waals surface area contributed by atoms with E-state index in [-0.39, 0.29) is 24.1 Å². The van der Waals surface area contributed by atoms with Gasteiger partial charge in [-0.25, -0.2) is 9.36 Å². The summed E-state index contributed by atoms with van der Waals surface area (Å²) in [5, 5.41) is 2.57. The predicted octanol–water partition coefficient (Wildman–Crippen LogP) is 0.459. The molecular weight excluding hydrogens is 423 g/mol. The molecule has 0 fully saturated rings. The molecule has 0 unspecified atom stereocenters. The van der Waals surface area contributed by atoms with Gasteiger partial charge in [-0.1, -0.05) is 13.8 Å². The molecule has 3 N–H and O–H groups in total. The summed E-state index contributed by atoms with van der Waals surface area (Å²) in [6.45, 7) is 3.45. The van der Waals surface area contributed by atoms with Gasteiger partial charge >= 0.3 is 17.8 Å². The Morgan fingerprint density at radius 1 is 1.23 bits per heavy atom. The number of alkyl halides is 3. The van der Waals surface area contributed by atoms with Crippen LogP contribution >= 0.6 is 0 Å². The van der Waals surface area contributed by atoms with Crippen molar-refractivity contribution in [1.82, 2.24) is 14.5 Å². The molecule has 0 spiro atoms. The molecule has 0 aliphatic heterocycles. The van der Waals surface area contributed by atoms with Crippen LogP contribution in [0.25, 0.3) is 0 Å². The van der Waals surface area contributed by atoms with Gasteiger partial charge in [0.05, 0.1) is 6.61 Å². The Morgan fingerprint density at radius 2 is 1.84 bits per heavy atom. The number of halogens is 3. The minimum absolute atomic E-state index is 0.0384. The largest absolute Gasteiger partial charge is 0.471 e. The van der Waals surface area contributed by atoms with Crippen molar-refractivity contribution in [1.29, 1.82) is 0 Å². The van der Waals surface area contributed by atoms with Gasteiger partial charge in [-0.2, -0.15) is 13.2 Å². The number of hydrogen-bond donors (Lipinski definition) is 2. The van der Waals surface area contributed by atoms with Gasteiger partial charge in [0.2, 0.25) is 5.91 Å². The first-order valence-corrected chi connectivity index (χ1v) is 9.70. The maximum absolute atomic E-state index is 13.2. The first-order chi connectivity index (χ1) is 14.4. The lowest BCUT2D eigenvalue weighted by Gasteiger charge is -2.26. The average Bonchev–Trinajstić information content (AvgIpc) is 2.69.